The number of halogens is 7. The van der Waals surface area contributed by atoms with E-state index in [-0.39, 0.29) is 24.0 Å². The van der Waals surface area contributed by atoms with Gasteiger partial charge in [-0.3, -0.25) is 4.79 Å². The summed E-state index contributed by atoms with van der Waals surface area (Å²) < 4.78 is 98.9. The molecule has 0 aromatic heterocycles. The molecular weight excluding hydrogens is 495 g/mol. The van der Waals surface area contributed by atoms with Gasteiger partial charge in [-0.1, -0.05) is 12.1 Å². The van der Waals surface area contributed by atoms with Crippen molar-refractivity contribution < 1.29 is 45.4 Å². The van der Waals surface area contributed by atoms with Crippen LogP contribution in [-0.2, 0) is 28.5 Å². The molecular formula is C25H24F7NO3. The average Bonchev–Trinajstić information content (AvgIpc) is 3.32. The molecule has 2 fully saturated rings. The first-order chi connectivity index (χ1) is 16.7. The Hall–Kier alpha value is -2.66. The molecule has 1 unspecified atom stereocenters. The molecule has 1 amide bonds. The SMILES string of the molecule is C[C@]1([C@@H]2CC[C@H](OCc3cc(C(F)(F)F)cc(C(F)(F)F)c3)C2c2ccc(F)cc2)C[C@H](O)C(=O)N1. The van der Waals surface area contributed by atoms with Crippen molar-refractivity contribution in [3.8, 4) is 0 Å². The largest absolute Gasteiger partial charge is 0.416 e. The highest BCUT2D eigenvalue weighted by molar-refractivity contribution is 5.84. The van der Waals surface area contributed by atoms with Crippen LogP contribution in [0.2, 0.25) is 0 Å². The smallest absolute Gasteiger partial charge is 0.383 e. The molecule has 196 valence electrons. The highest BCUT2D eigenvalue weighted by Crippen LogP contribution is 2.49. The minimum atomic E-state index is -4.97. The number of ether oxygens (including phenoxy) is 1. The zero-order chi connectivity index (χ0) is 26.5. The lowest BCUT2D eigenvalue weighted by Gasteiger charge is -2.37. The normalized spacial score (nSPS) is 29.0. The number of amides is 1. The van der Waals surface area contributed by atoms with Crippen LogP contribution in [0, 0.1) is 11.7 Å². The van der Waals surface area contributed by atoms with E-state index in [4.69, 9.17) is 4.74 Å². The van der Waals surface area contributed by atoms with Crippen molar-refractivity contribution in [2.24, 2.45) is 5.92 Å². The lowest BCUT2D eigenvalue weighted by Crippen LogP contribution is -2.47. The quantitative estimate of drug-likeness (QED) is 0.507. The minimum Gasteiger partial charge on any atom is -0.383 e. The van der Waals surface area contributed by atoms with Crippen LogP contribution in [0.4, 0.5) is 30.7 Å². The number of carbonyl (C=O) groups excluding carboxylic acids is 1. The average molecular weight is 519 g/mol. The number of hydrogen-bond donors (Lipinski definition) is 2. The maximum atomic E-state index is 13.6. The molecule has 1 saturated carbocycles. The second kappa shape index (κ2) is 9.33. The van der Waals surface area contributed by atoms with Crippen molar-refractivity contribution in [3.05, 3.63) is 70.5 Å². The zero-order valence-corrected chi connectivity index (χ0v) is 19.1. The molecule has 36 heavy (non-hydrogen) atoms. The first kappa shape index (κ1) is 26.4. The van der Waals surface area contributed by atoms with Gasteiger partial charge in [0.15, 0.2) is 0 Å². The summed E-state index contributed by atoms with van der Waals surface area (Å²) in [5.41, 5.74) is -3.31. The fourth-order valence-electron chi connectivity index (χ4n) is 5.46. The molecule has 2 N–H and O–H groups in total. The summed E-state index contributed by atoms with van der Waals surface area (Å²) in [4.78, 5) is 12.0. The summed E-state index contributed by atoms with van der Waals surface area (Å²) >= 11 is 0. The van der Waals surface area contributed by atoms with Crippen molar-refractivity contribution in [1.82, 2.24) is 5.32 Å². The predicted molar refractivity (Wildman–Crippen MR) is 114 cm³/mol. The summed E-state index contributed by atoms with van der Waals surface area (Å²) in [7, 11) is 0. The van der Waals surface area contributed by atoms with Gasteiger partial charge < -0.3 is 15.2 Å². The number of hydrogen-bond acceptors (Lipinski definition) is 3. The Morgan fingerprint density at radius 1 is 1.00 bits per heavy atom. The molecule has 0 radical (unpaired) electrons. The van der Waals surface area contributed by atoms with Crippen LogP contribution >= 0.6 is 0 Å². The molecule has 1 aliphatic heterocycles. The van der Waals surface area contributed by atoms with Crippen LogP contribution in [0.1, 0.15) is 54.4 Å². The Bertz CT molecular complexity index is 1080. The molecule has 1 aliphatic carbocycles. The maximum Gasteiger partial charge on any atom is 0.416 e. The van der Waals surface area contributed by atoms with Crippen LogP contribution in [0.5, 0.6) is 0 Å². The topological polar surface area (TPSA) is 58.6 Å². The van der Waals surface area contributed by atoms with Gasteiger partial charge in [0.05, 0.1) is 23.8 Å². The van der Waals surface area contributed by atoms with Gasteiger partial charge in [-0.25, -0.2) is 4.39 Å². The van der Waals surface area contributed by atoms with Crippen molar-refractivity contribution in [2.45, 2.75) is 68.8 Å². The van der Waals surface area contributed by atoms with Crippen molar-refractivity contribution in [1.29, 1.82) is 0 Å². The van der Waals surface area contributed by atoms with E-state index in [2.05, 4.69) is 5.32 Å². The van der Waals surface area contributed by atoms with Gasteiger partial charge in [0, 0.05) is 17.9 Å². The maximum absolute atomic E-state index is 13.6. The number of carbonyl (C=O) groups is 1. The molecule has 5 atom stereocenters. The second-order valence-electron chi connectivity index (χ2n) is 9.65. The van der Waals surface area contributed by atoms with E-state index in [1.807, 2.05) is 0 Å². The standard InChI is InChI=1S/C25H24F7NO3/c1-23(11-19(34)22(35)33-23)18-6-7-20(21(18)14-2-4-17(26)5-3-14)36-12-13-8-15(24(27,28)29)10-16(9-13)25(30,31)32/h2-5,8-10,18-21,34H,6-7,11-12H2,1H3,(H,33,35)/t18-,19+,20+,21?,23-/m1/s1. The fourth-order valence-corrected chi connectivity index (χ4v) is 5.46. The summed E-state index contributed by atoms with van der Waals surface area (Å²) in [5, 5.41) is 12.8. The van der Waals surface area contributed by atoms with Gasteiger partial charge in [-0.2, -0.15) is 26.3 Å². The van der Waals surface area contributed by atoms with Crippen LogP contribution in [0.25, 0.3) is 0 Å². The number of aliphatic hydroxyl groups is 1. The highest BCUT2D eigenvalue weighted by atomic mass is 19.4. The first-order valence-corrected chi connectivity index (χ1v) is 11.3. The lowest BCUT2D eigenvalue weighted by atomic mass is 9.74. The molecule has 0 bridgehead atoms. The lowest BCUT2D eigenvalue weighted by molar-refractivity contribution is -0.143. The molecule has 2 aliphatic rings. The minimum absolute atomic E-state index is 0.0609. The Morgan fingerprint density at radius 3 is 2.08 bits per heavy atom. The molecule has 0 spiro atoms. The van der Waals surface area contributed by atoms with Crippen molar-refractivity contribution >= 4 is 5.91 Å². The number of aliphatic hydroxyl groups excluding tert-OH is 1. The molecule has 2 aromatic carbocycles. The van der Waals surface area contributed by atoms with E-state index < -0.39 is 65.5 Å². The van der Waals surface area contributed by atoms with Crippen molar-refractivity contribution in [2.75, 3.05) is 0 Å². The van der Waals surface area contributed by atoms with E-state index in [0.29, 0.717) is 30.5 Å². The fraction of sp³-hybridized carbons (Fsp3) is 0.480. The van der Waals surface area contributed by atoms with E-state index in [1.165, 1.54) is 24.3 Å². The van der Waals surface area contributed by atoms with Gasteiger partial charge in [-0.15, -0.1) is 0 Å². The Labute approximate surface area is 202 Å². The second-order valence-corrected chi connectivity index (χ2v) is 9.65. The van der Waals surface area contributed by atoms with Gasteiger partial charge in [0.25, 0.3) is 0 Å². The number of nitrogens with one attached hydrogen (secondary N) is 1. The molecule has 2 aromatic rings. The Kier molecular flexibility index (Phi) is 6.85. The Balaban J connectivity index is 1.63. The van der Waals surface area contributed by atoms with Gasteiger partial charge in [0.1, 0.15) is 11.9 Å². The third kappa shape index (κ3) is 5.36. The summed E-state index contributed by atoms with van der Waals surface area (Å²) in [5.74, 6) is -1.73. The molecule has 4 rings (SSSR count). The molecule has 1 heterocycles. The zero-order valence-electron chi connectivity index (χ0n) is 19.1. The van der Waals surface area contributed by atoms with Gasteiger partial charge >= 0.3 is 12.4 Å². The third-order valence-corrected chi connectivity index (χ3v) is 7.11. The number of benzene rings is 2. The van der Waals surface area contributed by atoms with Crippen LogP contribution in [0.15, 0.2) is 42.5 Å². The highest BCUT2D eigenvalue weighted by Gasteiger charge is 2.52. The number of alkyl halides is 6. The monoisotopic (exact) mass is 519 g/mol. The van der Waals surface area contributed by atoms with Crippen LogP contribution in [-0.4, -0.2) is 28.8 Å². The van der Waals surface area contributed by atoms with E-state index >= 15 is 0 Å². The van der Waals surface area contributed by atoms with Crippen LogP contribution < -0.4 is 5.32 Å². The number of rotatable bonds is 5. The van der Waals surface area contributed by atoms with E-state index in [1.54, 1.807) is 6.92 Å². The third-order valence-electron chi connectivity index (χ3n) is 7.11. The Morgan fingerprint density at radius 2 is 1.58 bits per heavy atom. The summed E-state index contributed by atoms with van der Waals surface area (Å²) in [6, 6.07) is 6.88. The van der Waals surface area contributed by atoms with E-state index in [9.17, 15) is 40.6 Å². The molecule has 4 nitrogen and oxygen atoms in total. The van der Waals surface area contributed by atoms with E-state index in [0.717, 1.165) is 0 Å². The molecule has 1 saturated heterocycles. The summed E-state index contributed by atoms with van der Waals surface area (Å²) in [6.07, 6.45) is -10.7. The van der Waals surface area contributed by atoms with Crippen LogP contribution in [0.3, 0.4) is 0 Å². The summed E-state index contributed by atoms with van der Waals surface area (Å²) in [6.45, 7) is 1.26. The first-order valence-electron chi connectivity index (χ1n) is 11.3. The predicted octanol–water partition coefficient (Wildman–Crippen LogP) is 5.58. The van der Waals surface area contributed by atoms with Crippen molar-refractivity contribution in [3.63, 3.8) is 0 Å². The molecule has 11 heteroatoms. The van der Waals surface area contributed by atoms with Gasteiger partial charge in [-0.05, 0) is 67.1 Å². The van der Waals surface area contributed by atoms with Gasteiger partial charge in [0.2, 0.25) is 5.91 Å².